The van der Waals surface area contributed by atoms with Crippen molar-refractivity contribution in [1.29, 1.82) is 0 Å². The van der Waals surface area contributed by atoms with Gasteiger partial charge in [0.2, 0.25) is 5.43 Å². The fraction of sp³-hybridized carbons (Fsp3) is 0.304. The summed E-state index contributed by atoms with van der Waals surface area (Å²) in [6.45, 7) is 1.51. The molecule has 2 aromatic carbocycles. The number of piperazine rings is 1. The van der Waals surface area contributed by atoms with E-state index in [9.17, 15) is 14.7 Å². The molecule has 2 fully saturated rings. The number of carboxylic acid groups (broad SMARTS) is 1. The van der Waals surface area contributed by atoms with Crippen LogP contribution in [0.25, 0.3) is 10.9 Å². The maximum absolute atomic E-state index is 15.8. The number of pyridine rings is 1. The lowest BCUT2D eigenvalue weighted by molar-refractivity contribution is 0.0694. The molecule has 1 aromatic heterocycles. The first-order valence-electron chi connectivity index (χ1n) is 10.6. The Morgan fingerprint density at radius 2 is 1.73 bits per heavy atom. The number of para-hydroxylation sites is 1. The normalized spacial score (nSPS) is 16.5. The van der Waals surface area contributed by atoms with Gasteiger partial charge in [0, 0.05) is 38.4 Å². The van der Waals surface area contributed by atoms with E-state index in [0.717, 1.165) is 18.9 Å². The highest BCUT2D eigenvalue weighted by atomic mass is 35.5. The van der Waals surface area contributed by atoms with Crippen molar-refractivity contribution >= 4 is 45.5 Å². The van der Waals surface area contributed by atoms with Gasteiger partial charge >= 0.3 is 5.97 Å². The molecular weight excluding hydrogens is 454 g/mol. The zero-order valence-corrected chi connectivity index (χ0v) is 18.3. The highest BCUT2D eigenvalue weighted by Crippen LogP contribution is 2.40. The average molecular weight is 475 g/mol. The molecule has 33 heavy (non-hydrogen) atoms. The fourth-order valence-electron chi connectivity index (χ4n) is 4.53. The van der Waals surface area contributed by atoms with Crippen LogP contribution in [-0.2, 0) is 0 Å². The molecule has 3 aromatic rings. The Balaban J connectivity index is 1.55. The molecule has 0 unspecified atom stereocenters. The molecule has 1 aliphatic heterocycles. The van der Waals surface area contributed by atoms with E-state index in [0.29, 0.717) is 42.6 Å². The molecule has 1 aliphatic carbocycles. The first-order valence-corrected chi connectivity index (χ1v) is 11.0. The second-order valence-corrected chi connectivity index (χ2v) is 8.79. The van der Waals surface area contributed by atoms with Crippen LogP contribution in [0.15, 0.2) is 35.3 Å². The third-order valence-corrected chi connectivity index (χ3v) is 6.59. The van der Waals surface area contributed by atoms with Gasteiger partial charge in [-0.3, -0.25) is 4.79 Å². The van der Waals surface area contributed by atoms with Crippen LogP contribution in [0.3, 0.4) is 0 Å². The zero-order valence-electron chi connectivity index (χ0n) is 17.5. The number of aromatic nitrogens is 1. The van der Waals surface area contributed by atoms with E-state index in [1.807, 2.05) is 4.90 Å². The number of carbonyl (C=O) groups is 1. The number of anilines is 3. The lowest BCUT2D eigenvalue weighted by Crippen LogP contribution is -2.47. The Hall–Kier alpha value is -3.33. The molecule has 0 spiro atoms. The summed E-state index contributed by atoms with van der Waals surface area (Å²) in [4.78, 5) is 27.7. The molecule has 2 aliphatic rings. The van der Waals surface area contributed by atoms with Gasteiger partial charge in [0.05, 0.1) is 27.3 Å². The second kappa shape index (κ2) is 7.91. The topological polar surface area (TPSA) is 91.8 Å². The number of rotatable bonds is 4. The van der Waals surface area contributed by atoms with Crippen molar-refractivity contribution in [3.63, 3.8) is 0 Å². The van der Waals surface area contributed by atoms with E-state index in [4.69, 9.17) is 17.3 Å². The summed E-state index contributed by atoms with van der Waals surface area (Å²) in [5.74, 6) is -3.17. The van der Waals surface area contributed by atoms with E-state index < -0.39 is 28.6 Å². The van der Waals surface area contributed by atoms with Gasteiger partial charge in [-0.25, -0.2) is 13.6 Å². The van der Waals surface area contributed by atoms with Gasteiger partial charge in [-0.15, -0.1) is 0 Å². The molecule has 3 N–H and O–H groups in total. The number of benzene rings is 2. The Morgan fingerprint density at radius 1 is 1.09 bits per heavy atom. The number of hydrogen-bond acceptors (Lipinski definition) is 5. The Kier molecular flexibility index (Phi) is 5.16. The Morgan fingerprint density at radius 3 is 2.30 bits per heavy atom. The lowest BCUT2D eigenvalue weighted by atomic mass is 10.1. The van der Waals surface area contributed by atoms with Gasteiger partial charge < -0.3 is 25.2 Å². The molecule has 1 saturated heterocycles. The number of nitrogens with two attached hydrogens (primary N) is 1. The Bertz CT molecular complexity index is 1330. The average Bonchev–Trinajstić information content (AvgIpc) is 3.60. The SMILES string of the molecule is Nc1cccc(Cl)c1N1CCN(c2c(F)cc3c(=O)c(C(=O)O)cn(C4CC4)c3c2F)CC1. The van der Waals surface area contributed by atoms with Crippen molar-refractivity contribution in [2.24, 2.45) is 0 Å². The van der Waals surface area contributed by atoms with Crippen molar-refractivity contribution in [3.8, 4) is 0 Å². The van der Waals surface area contributed by atoms with Gasteiger partial charge in [-0.1, -0.05) is 17.7 Å². The molecule has 1 saturated carbocycles. The van der Waals surface area contributed by atoms with E-state index in [2.05, 4.69) is 0 Å². The van der Waals surface area contributed by atoms with Crippen LogP contribution in [0, 0.1) is 11.6 Å². The van der Waals surface area contributed by atoms with Crippen molar-refractivity contribution in [2.75, 3.05) is 41.7 Å². The smallest absolute Gasteiger partial charge is 0.341 e. The molecule has 10 heteroatoms. The van der Waals surface area contributed by atoms with Gasteiger partial charge in [0.15, 0.2) is 5.82 Å². The van der Waals surface area contributed by atoms with Crippen molar-refractivity contribution in [1.82, 2.24) is 4.57 Å². The minimum atomic E-state index is -1.42. The highest BCUT2D eigenvalue weighted by molar-refractivity contribution is 6.34. The van der Waals surface area contributed by atoms with Gasteiger partial charge in [0.1, 0.15) is 17.1 Å². The second-order valence-electron chi connectivity index (χ2n) is 8.38. The van der Waals surface area contributed by atoms with Crippen LogP contribution < -0.4 is 21.0 Å². The standard InChI is InChI=1S/C23H21ClF2N4O3/c24-15-2-1-3-17(27)20(15)28-6-8-29(9-7-28)21-16(25)10-13-19(18(21)26)30(12-4-5-12)11-14(22(13)31)23(32)33/h1-3,10-12H,4-9,27H2,(H,32,33). The van der Waals surface area contributed by atoms with Crippen molar-refractivity contribution in [2.45, 2.75) is 18.9 Å². The number of aromatic carboxylic acids is 1. The molecular formula is C23H21ClF2N4O3. The zero-order chi connectivity index (χ0) is 23.4. The van der Waals surface area contributed by atoms with Gasteiger partial charge in [0.25, 0.3) is 0 Å². The predicted molar refractivity (Wildman–Crippen MR) is 124 cm³/mol. The lowest BCUT2D eigenvalue weighted by Gasteiger charge is -2.38. The summed E-state index contributed by atoms with van der Waals surface area (Å²) < 4.78 is 32.4. The molecule has 5 rings (SSSR count). The maximum atomic E-state index is 15.8. The minimum Gasteiger partial charge on any atom is -0.477 e. The van der Waals surface area contributed by atoms with Crippen LogP contribution >= 0.6 is 11.6 Å². The van der Waals surface area contributed by atoms with Crippen LogP contribution in [0.1, 0.15) is 29.2 Å². The summed E-state index contributed by atoms with van der Waals surface area (Å²) in [6.07, 6.45) is 2.65. The van der Waals surface area contributed by atoms with E-state index in [1.165, 1.54) is 10.8 Å². The fourth-order valence-corrected chi connectivity index (χ4v) is 4.84. The first kappa shape index (κ1) is 21.5. The number of hydrogen-bond donors (Lipinski definition) is 2. The molecule has 0 radical (unpaired) electrons. The van der Waals surface area contributed by atoms with Crippen LogP contribution in [-0.4, -0.2) is 41.8 Å². The quantitative estimate of drug-likeness (QED) is 0.558. The first-order chi connectivity index (χ1) is 15.8. The highest BCUT2D eigenvalue weighted by Gasteiger charge is 2.32. The van der Waals surface area contributed by atoms with Crippen molar-refractivity contribution in [3.05, 3.63) is 62.9 Å². The summed E-state index contributed by atoms with van der Waals surface area (Å²) in [5.41, 5.74) is 5.64. The molecule has 0 bridgehead atoms. The maximum Gasteiger partial charge on any atom is 0.341 e. The van der Waals surface area contributed by atoms with Crippen molar-refractivity contribution < 1.29 is 18.7 Å². The molecule has 2 heterocycles. The summed E-state index contributed by atoms with van der Waals surface area (Å²) in [6, 6.07) is 6.09. The van der Waals surface area contributed by atoms with E-state index in [1.54, 1.807) is 23.1 Å². The molecule has 7 nitrogen and oxygen atoms in total. The van der Waals surface area contributed by atoms with Crippen LogP contribution in [0.5, 0.6) is 0 Å². The predicted octanol–water partition coefficient (Wildman–Crippen LogP) is 3.88. The summed E-state index contributed by atoms with van der Waals surface area (Å²) in [5, 5.41) is 9.62. The van der Waals surface area contributed by atoms with Crippen LogP contribution in [0.2, 0.25) is 5.02 Å². The monoisotopic (exact) mass is 474 g/mol. The van der Waals surface area contributed by atoms with Gasteiger partial charge in [-0.05, 0) is 31.0 Å². The number of carboxylic acids is 1. The molecule has 172 valence electrons. The van der Waals surface area contributed by atoms with Crippen LogP contribution in [0.4, 0.5) is 25.8 Å². The largest absolute Gasteiger partial charge is 0.477 e. The number of fused-ring (bicyclic) bond motifs is 1. The summed E-state index contributed by atoms with van der Waals surface area (Å²) in [7, 11) is 0. The molecule has 0 amide bonds. The van der Waals surface area contributed by atoms with E-state index in [-0.39, 0.29) is 22.6 Å². The van der Waals surface area contributed by atoms with Gasteiger partial charge in [-0.2, -0.15) is 0 Å². The minimum absolute atomic E-state index is 0.0540. The number of nitrogens with zero attached hydrogens (tertiary/aromatic N) is 3. The van der Waals surface area contributed by atoms with E-state index >= 15 is 8.78 Å². The summed E-state index contributed by atoms with van der Waals surface area (Å²) >= 11 is 6.31. The number of nitrogen functional groups attached to an aromatic ring is 1. The Labute approximate surface area is 192 Å². The molecule has 0 atom stereocenters. The number of halogens is 3. The third kappa shape index (κ3) is 3.56. The third-order valence-electron chi connectivity index (χ3n) is 6.28.